The van der Waals surface area contributed by atoms with Gasteiger partial charge in [0.15, 0.2) is 0 Å². The number of rotatable bonds is 5. The maximum Gasteiger partial charge on any atom is 0.251 e. The van der Waals surface area contributed by atoms with E-state index in [0.717, 1.165) is 19.3 Å². The number of amides is 2. The van der Waals surface area contributed by atoms with Crippen LogP contribution in [0.4, 0.5) is 0 Å². The maximum atomic E-state index is 11.9. The second-order valence-electron chi connectivity index (χ2n) is 4.80. The Morgan fingerprint density at radius 3 is 2.50 bits per heavy atom. The van der Waals surface area contributed by atoms with Crippen LogP contribution < -0.4 is 5.32 Å². The average Bonchev–Trinajstić information content (AvgIpc) is 2.38. The van der Waals surface area contributed by atoms with E-state index in [9.17, 15) is 9.59 Å². The van der Waals surface area contributed by atoms with Crippen molar-refractivity contribution in [2.45, 2.75) is 51.7 Å². The number of carbonyl (C=O) groups excluding carboxylic acids is 2. The molecule has 1 fully saturated rings. The molecule has 1 saturated heterocycles. The molecule has 0 aromatic carbocycles. The van der Waals surface area contributed by atoms with Gasteiger partial charge in [-0.3, -0.25) is 9.59 Å². The van der Waals surface area contributed by atoms with E-state index in [1.807, 2.05) is 11.8 Å². The van der Waals surface area contributed by atoms with E-state index in [-0.39, 0.29) is 24.0 Å². The topological polar surface area (TPSA) is 58.6 Å². The first-order valence-electron chi connectivity index (χ1n) is 6.69. The summed E-state index contributed by atoms with van der Waals surface area (Å²) in [6, 6.07) is 0.214. The molecular weight excluding hydrogens is 232 g/mol. The lowest BCUT2D eigenvalue weighted by Gasteiger charge is -2.33. The minimum Gasteiger partial charge on any atom is -0.372 e. The number of hydrogen-bond donors (Lipinski definition) is 1. The Labute approximate surface area is 109 Å². The van der Waals surface area contributed by atoms with Gasteiger partial charge >= 0.3 is 0 Å². The fourth-order valence-corrected chi connectivity index (χ4v) is 2.13. The van der Waals surface area contributed by atoms with Gasteiger partial charge in [0.2, 0.25) is 5.91 Å². The zero-order valence-corrected chi connectivity index (χ0v) is 11.6. The summed E-state index contributed by atoms with van der Waals surface area (Å²) in [5.41, 5.74) is 0. The van der Waals surface area contributed by atoms with Crippen molar-refractivity contribution in [3.63, 3.8) is 0 Å². The maximum absolute atomic E-state index is 11.9. The summed E-state index contributed by atoms with van der Waals surface area (Å²) in [7, 11) is 1.54. The van der Waals surface area contributed by atoms with Crippen LogP contribution in [0, 0.1) is 0 Å². The highest BCUT2D eigenvalue weighted by Gasteiger charge is 2.26. The Morgan fingerprint density at radius 1 is 1.39 bits per heavy atom. The van der Waals surface area contributed by atoms with E-state index in [1.165, 1.54) is 0 Å². The number of methoxy groups -OCH3 is 1. The minimum absolute atomic E-state index is 0.0378. The number of nitrogens with one attached hydrogen (secondary N) is 1. The van der Waals surface area contributed by atoms with Crippen LogP contribution >= 0.6 is 0 Å². The van der Waals surface area contributed by atoms with Crippen molar-refractivity contribution in [1.29, 1.82) is 0 Å². The summed E-state index contributed by atoms with van der Waals surface area (Å²) in [6.45, 7) is 5.15. The van der Waals surface area contributed by atoms with Crippen molar-refractivity contribution >= 4 is 11.8 Å². The first kappa shape index (κ1) is 15.0. The van der Waals surface area contributed by atoms with Gasteiger partial charge in [-0.2, -0.15) is 0 Å². The SMILES string of the molecule is CCCC(=O)NC1CCN(C(=O)C(C)OC)CC1. The molecule has 1 unspecified atom stereocenters. The van der Waals surface area contributed by atoms with Gasteiger partial charge < -0.3 is 15.0 Å². The summed E-state index contributed by atoms with van der Waals surface area (Å²) >= 11 is 0. The third-order valence-corrected chi connectivity index (χ3v) is 3.35. The largest absolute Gasteiger partial charge is 0.372 e. The number of nitrogens with zero attached hydrogens (tertiary/aromatic N) is 1. The number of ether oxygens (including phenoxy) is 1. The van der Waals surface area contributed by atoms with Gasteiger partial charge in [-0.15, -0.1) is 0 Å². The van der Waals surface area contributed by atoms with Crippen molar-refractivity contribution in [1.82, 2.24) is 10.2 Å². The summed E-state index contributed by atoms with van der Waals surface area (Å²) < 4.78 is 5.03. The number of carbonyl (C=O) groups is 2. The molecular formula is C13H24N2O3. The molecule has 1 aliphatic heterocycles. The monoisotopic (exact) mass is 256 g/mol. The zero-order chi connectivity index (χ0) is 13.5. The van der Waals surface area contributed by atoms with E-state index in [1.54, 1.807) is 14.0 Å². The predicted molar refractivity (Wildman–Crippen MR) is 69.1 cm³/mol. The van der Waals surface area contributed by atoms with Crippen LogP contribution in [-0.4, -0.2) is 49.1 Å². The van der Waals surface area contributed by atoms with E-state index in [2.05, 4.69) is 5.32 Å². The first-order chi connectivity index (χ1) is 8.58. The number of piperidine rings is 1. The van der Waals surface area contributed by atoms with Crippen LogP contribution in [0.2, 0.25) is 0 Å². The molecule has 2 amide bonds. The van der Waals surface area contributed by atoms with Gasteiger partial charge in [0, 0.05) is 32.7 Å². The summed E-state index contributed by atoms with van der Waals surface area (Å²) in [5.74, 6) is 0.156. The Bertz CT molecular complexity index is 286. The van der Waals surface area contributed by atoms with Gasteiger partial charge in [0.25, 0.3) is 5.91 Å². The Balaban J connectivity index is 2.32. The minimum atomic E-state index is -0.378. The molecule has 0 radical (unpaired) electrons. The number of likely N-dealkylation sites (tertiary alicyclic amines) is 1. The molecule has 0 bridgehead atoms. The van der Waals surface area contributed by atoms with Crippen molar-refractivity contribution < 1.29 is 14.3 Å². The van der Waals surface area contributed by atoms with Gasteiger partial charge in [0.1, 0.15) is 6.10 Å². The highest BCUT2D eigenvalue weighted by Crippen LogP contribution is 2.12. The van der Waals surface area contributed by atoms with E-state index >= 15 is 0 Å². The van der Waals surface area contributed by atoms with Crippen molar-refractivity contribution in [2.24, 2.45) is 0 Å². The molecule has 5 nitrogen and oxygen atoms in total. The highest BCUT2D eigenvalue weighted by molar-refractivity contribution is 5.80. The van der Waals surface area contributed by atoms with Gasteiger partial charge in [-0.25, -0.2) is 0 Å². The Morgan fingerprint density at radius 2 is 2.00 bits per heavy atom. The van der Waals surface area contributed by atoms with Crippen LogP contribution in [0.3, 0.4) is 0 Å². The second-order valence-corrected chi connectivity index (χ2v) is 4.80. The number of hydrogen-bond acceptors (Lipinski definition) is 3. The van der Waals surface area contributed by atoms with Crippen LogP contribution in [-0.2, 0) is 14.3 Å². The summed E-state index contributed by atoms with van der Waals surface area (Å²) in [5, 5.41) is 3.01. The fraction of sp³-hybridized carbons (Fsp3) is 0.846. The molecule has 0 saturated carbocycles. The van der Waals surface area contributed by atoms with E-state index < -0.39 is 0 Å². The lowest BCUT2D eigenvalue weighted by atomic mass is 10.0. The standard InChI is InChI=1S/C13H24N2O3/c1-4-5-12(16)14-11-6-8-15(9-7-11)13(17)10(2)18-3/h10-11H,4-9H2,1-3H3,(H,14,16). The molecule has 18 heavy (non-hydrogen) atoms. The lowest BCUT2D eigenvalue weighted by molar-refractivity contribution is -0.142. The predicted octanol–water partition coefficient (Wildman–Crippen LogP) is 0.929. The van der Waals surface area contributed by atoms with Gasteiger partial charge in [-0.05, 0) is 26.2 Å². The molecule has 0 aromatic rings. The van der Waals surface area contributed by atoms with E-state index in [4.69, 9.17) is 4.74 Å². The summed E-state index contributed by atoms with van der Waals surface area (Å²) in [6.07, 6.45) is 2.74. The molecule has 0 aliphatic carbocycles. The molecule has 104 valence electrons. The molecule has 1 N–H and O–H groups in total. The Hall–Kier alpha value is -1.10. The highest BCUT2D eigenvalue weighted by atomic mass is 16.5. The van der Waals surface area contributed by atoms with Crippen molar-refractivity contribution in [2.75, 3.05) is 20.2 Å². The summed E-state index contributed by atoms with van der Waals surface area (Å²) in [4.78, 5) is 25.2. The molecule has 5 heteroatoms. The molecule has 1 atom stereocenters. The molecule has 1 aliphatic rings. The van der Waals surface area contributed by atoms with Crippen LogP contribution in [0.25, 0.3) is 0 Å². The molecule has 1 rings (SSSR count). The van der Waals surface area contributed by atoms with Crippen molar-refractivity contribution in [3.05, 3.63) is 0 Å². The molecule has 0 spiro atoms. The normalized spacial score (nSPS) is 18.5. The van der Waals surface area contributed by atoms with Gasteiger partial charge in [0.05, 0.1) is 0 Å². The van der Waals surface area contributed by atoms with Crippen LogP contribution in [0.15, 0.2) is 0 Å². The van der Waals surface area contributed by atoms with Crippen molar-refractivity contribution in [3.8, 4) is 0 Å². The molecule has 0 aromatic heterocycles. The van der Waals surface area contributed by atoms with Gasteiger partial charge in [-0.1, -0.05) is 6.92 Å². The van der Waals surface area contributed by atoms with Crippen LogP contribution in [0.5, 0.6) is 0 Å². The quantitative estimate of drug-likeness (QED) is 0.796. The second kappa shape index (κ2) is 7.36. The fourth-order valence-electron chi connectivity index (χ4n) is 2.13. The smallest absolute Gasteiger partial charge is 0.251 e. The van der Waals surface area contributed by atoms with Crippen LogP contribution in [0.1, 0.15) is 39.5 Å². The van der Waals surface area contributed by atoms with E-state index in [0.29, 0.717) is 19.5 Å². The Kier molecular flexibility index (Phi) is 6.12. The lowest BCUT2D eigenvalue weighted by Crippen LogP contribution is -2.48. The zero-order valence-electron chi connectivity index (χ0n) is 11.6. The average molecular weight is 256 g/mol. The molecule has 1 heterocycles. The first-order valence-corrected chi connectivity index (χ1v) is 6.69. The third kappa shape index (κ3) is 4.29. The third-order valence-electron chi connectivity index (χ3n) is 3.35.